The fourth-order valence-corrected chi connectivity index (χ4v) is 5.37. The normalized spacial score (nSPS) is 16.2. The minimum absolute atomic E-state index is 0. The molecule has 0 bridgehead atoms. The second-order valence-corrected chi connectivity index (χ2v) is 9.93. The van der Waals surface area contributed by atoms with E-state index >= 15 is 0 Å². The Hall–Kier alpha value is -3.00. The fourth-order valence-electron chi connectivity index (χ4n) is 3.86. The van der Waals surface area contributed by atoms with Crippen molar-refractivity contribution >= 4 is 39.4 Å². The Labute approximate surface area is 211 Å². The van der Waals surface area contributed by atoms with Gasteiger partial charge in [0, 0.05) is 25.1 Å². The molecule has 0 saturated carbocycles. The number of carbonyl (C=O) groups is 1. The lowest BCUT2D eigenvalue weighted by molar-refractivity contribution is 0.0183. The highest BCUT2D eigenvalue weighted by Crippen LogP contribution is 2.34. The SMILES string of the molecule is COC(=O)c1cc(-c2cccc(S(=O)(=O)N3CCC(F)(F)C3)c2)c2nnn(C/C(F)=C/CN)c2c1.Cl. The summed E-state index contributed by atoms with van der Waals surface area (Å²) in [4.78, 5) is 12.1. The van der Waals surface area contributed by atoms with Crippen molar-refractivity contribution in [3.63, 3.8) is 0 Å². The first-order valence-electron chi connectivity index (χ1n) is 10.5. The third kappa shape index (κ3) is 5.38. The molecule has 2 N–H and O–H groups in total. The van der Waals surface area contributed by atoms with Crippen LogP contribution in [0, 0.1) is 0 Å². The molecule has 1 aromatic heterocycles. The molecular formula is C22H23ClF3N5O4S. The van der Waals surface area contributed by atoms with Crippen LogP contribution < -0.4 is 5.73 Å². The maximum absolute atomic E-state index is 14.1. The topological polar surface area (TPSA) is 120 Å². The second kappa shape index (κ2) is 10.5. The molecule has 0 unspecified atom stereocenters. The zero-order valence-electron chi connectivity index (χ0n) is 19.0. The second-order valence-electron chi connectivity index (χ2n) is 7.99. The number of carbonyl (C=O) groups excluding carboxylic acids is 1. The number of sulfonamides is 1. The van der Waals surface area contributed by atoms with Crippen molar-refractivity contribution in [3.8, 4) is 11.1 Å². The van der Waals surface area contributed by atoms with Crippen LogP contribution in [0.2, 0.25) is 0 Å². The van der Waals surface area contributed by atoms with Crippen molar-refractivity contribution in [1.29, 1.82) is 0 Å². The summed E-state index contributed by atoms with van der Waals surface area (Å²) in [7, 11) is -2.99. The third-order valence-corrected chi connectivity index (χ3v) is 7.44. The average Bonchev–Trinajstić information content (AvgIpc) is 3.41. The van der Waals surface area contributed by atoms with Crippen LogP contribution in [0.4, 0.5) is 13.2 Å². The summed E-state index contributed by atoms with van der Waals surface area (Å²) >= 11 is 0. The van der Waals surface area contributed by atoms with Gasteiger partial charge in [-0.05, 0) is 35.9 Å². The summed E-state index contributed by atoms with van der Waals surface area (Å²) in [5.74, 6) is -4.32. The number of hydrogen-bond acceptors (Lipinski definition) is 7. The van der Waals surface area contributed by atoms with Gasteiger partial charge in [0.1, 0.15) is 11.3 Å². The average molecular weight is 546 g/mol. The van der Waals surface area contributed by atoms with Gasteiger partial charge in [-0.15, -0.1) is 17.5 Å². The Balaban J connectivity index is 0.00000361. The van der Waals surface area contributed by atoms with Crippen molar-refractivity contribution in [2.75, 3.05) is 26.7 Å². The Bertz CT molecular complexity index is 1430. The molecule has 1 aliphatic heterocycles. The van der Waals surface area contributed by atoms with Gasteiger partial charge >= 0.3 is 5.97 Å². The van der Waals surface area contributed by atoms with Gasteiger partial charge in [0.25, 0.3) is 5.92 Å². The number of halogens is 4. The Morgan fingerprint density at radius 3 is 2.67 bits per heavy atom. The first-order valence-corrected chi connectivity index (χ1v) is 12.0. The summed E-state index contributed by atoms with van der Waals surface area (Å²) in [5, 5.41) is 8.06. The molecule has 36 heavy (non-hydrogen) atoms. The van der Waals surface area contributed by atoms with E-state index < -0.39 is 40.7 Å². The van der Waals surface area contributed by atoms with E-state index in [0.29, 0.717) is 16.6 Å². The monoisotopic (exact) mass is 545 g/mol. The van der Waals surface area contributed by atoms with Crippen LogP contribution in [0.1, 0.15) is 16.8 Å². The lowest BCUT2D eigenvalue weighted by atomic mass is 10.0. The van der Waals surface area contributed by atoms with Crippen LogP contribution in [0.5, 0.6) is 0 Å². The summed E-state index contributed by atoms with van der Waals surface area (Å²) < 4.78 is 74.2. The first-order chi connectivity index (χ1) is 16.6. The fraction of sp³-hybridized carbons (Fsp3) is 0.318. The van der Waals surface area contributed by atoms with E-state index in [2.05, 4.69) is 10.3 Å². The molecule has 0 amide bonds. The zero-order valence-corrected chi connectivity index (χ0v) is 20.7. The maximum atomic E-state index is 14.1. The molecule has 4 rings (SSSR count). The maximum Gasteiger partial charge on any atom is 0.337 e. The number of nitrogens with zero attached hydrogens (tertiary/aromatic N) is 4. The summed E-state index contributed by atoms with van der Waals surface area (Å²) in [6.07, 6.45) is 0.626. The molecule has 14 heteroatoms. The summed E-state index contributed by atoms with van der Waals surface area (Å²) in [5.41, 5.74) is 6.71. The predicted molar refractivity (Wildman–Crippen MR) is 128 cm³/mol. The number of rotatable bonds is 7. The lowest BCUT2D eigenvalue weighted by Crippen LogP contribution is -2.31. The van der Waals surface area contributed by atoms with Crippen LogP contribution in [0.3, 0.4) is 0 Å². The van der Waals surface area contributed by atoms with Crippen molar-refractivity contribution in [1.82, 2.24) is 19.3 Å². The van der Waals surface area contributed by atoms with Gasteiger partial charge < -0.3 is 10.5 Å². The van der Waals surface area contributed by atoms with Gasteiger partial charge in [-0.25, -0.2) is 31.1 Å². The molecule has 2 aromatic carbocycles. The Morgan fingerprint density at radius 2 is 2.03 bits per heavy atom. The number of allylic oxidation sites excluding steroid dienone is 1. The quantitative estimate of drug-likeness (QED) is 0.453. The number of esters is 1. The third-order valence-electron chi connectivity index (χ3n) is 5.60. The highest BCUT2D eigenvalue weighted by molar-refractivity contribution is 7.89. The van der Waals surface area contributed by atoms with E-state index in [-0.39, 0.29) is 48.0 Å². The van der Waals surface area contributed by atoms with E-state index in [1.807, 2.05) is 0 Å². The molecule has 2 heterocycles. The van der Waals surface area contributed by atoms with Gasteiger partial charge in [-0.3, -0.25) is 0 Å². The van der Waals surface area contributed by atoms with E-state index in [0.717, 1.165) is 4.31 Å². The van der Waals surface area contributed by atoms with Gasteiger partial charge in [0.05, 0.1) is 36.2 Å². The summed E-state index contributed by atoms with van der Waals surface area (Å²) in [6, 6.07) is 8.56. The molecule has 0 atom stereocenters. The summed E-state index contributed by atoms with van der Waals surface area (Å²) in [6.45, 7) is -1.48. The Morgan fingerprint density at radius 1 is 1.28 bits per heavy atom. The number of methoxy groups -OCH3 is 1. The van der Waals surface area contributed by atoms with E-state index in [1.54, 1.807) is 6.07 Å². The first kappa shape index (κ1) is 27.6. The highest BCUT2D eigenvalue weighted by atomic mass is 35.5. The number of fused-ring (bicyclic) bond motifs is 1. The van der Waals surface area contributed by atoms with Crippen LogP contribution in [0.25, 0.3) is 22.2 Å². The molecule has 194 valence electrons. The molecule has 9 nitrogen and oxygen atoms in total. The molecule has 1 saturated heterocycles. The molecule has 0 spiro atoms. The van der Waals surface area contributed by atoms with Crippen molar-refractivity contribution in [3.05, 3.63) is 53.9 Å². The van der Waals surface area contributed by atoms with Crippen LogP contribution >= 0.6 is 12.4 Å². The van der Waals surface area contributed by atoms with Crippen LogP contribution in [-0.4, -0.2) is 66.4 Å². The minimum atomic E-state index is -4.19. The van der Waals surface area contributed by atoms with E-state index in [4.69, 9.17) is 10.5 Å². The molecule has 1 aliphatic rings. The van der Waals surface area contributed by atoms with Crippen LogP contribution in [-0.2, 0) is 21.3 Å². The zero-order chi connectivity index (χ0) is 25.4. The molecule has 1 fully saturated rings. The number of hydrogen-bond donors (Lipinski definition) is 1. The molecular weight excluding hydrogens is 523 g/mol. The van der Waals surface area contributed by atoms with Gasteiger partial charge in [0.2, 0.25) is 10.0 Å². The number of nitrogens with two attached hydrogens (primary N) is 1. The molecule has 0 aliphatic carbocycles. The van der Waals surface area contributed by atoms with Crippen molar-refractivity contribution in [2.45, 2.75) is 23.8 Å². The largest absolute Gasteiger partial charge is 0.465 e. The number of ether oxygens (including phenoxy) is 1. The van der Waals surface area contributed by atoms with E-state index in [1.165, 1.54) is 48.2 Å². The highest BCUT2D eigenvalue weighted by Gasteiger charge is 2.43. The predicted octanol–water partition coefficient (Wildman–Crippen LogP) is 3.15. The molecule has 0 radical (unpaired) electrons. The van der Waals surface area contributed by atoms with Gasteiger partial charge in [-0.1, -0.05) is 17.3 Å². The number of aromatic nitrogens is 3. The Kier molecular flexibility index (Phi) is 8.08. The lowest BCUT2D eigenvalue weighted by Gasteiger charge is -2.17. The van der Waals surface area contributed by atoms with E-state index in [9.17, 15) is 26.4 Å². The van der Waals surface area contributed by atoms with Gasteiger partial charge in [-0.2, -0.15) is 4.31 Å². The standard InChI is InChI=1S/C22H22F3N5O4S.ClH/c1-34-21(31)15-10-18(20-19(11-15)30(28-27-20)12-16(23)5-7-26)14-3-2-4-17(9-14)35(32,33)29-8-6-22(24,25)13-29;/h2-5,9-11H,6-8,12-13,26H2,1H3;1H/b16-5-;. The number of alkyl halides is 2. The van der Waals surface area contributed by atoms with Crippen molar-refractivity contribution in [2.24, 2.45) is 5.73 Å². The van der Waals surface area contributed by atoms with Crippen LogP contribution in [0.15, 0.2) is 53.2 Å². The number of benzene rings is 2. The van der Waals surface area contributed by atoms with Gasteiger partial charge in [0.15, 0.2) is 0 Å². The minimum Gasteiger partial charge on any atom is -0.465 e. The van der Waals surface area contributed by atoms with Crippen molar-refractivity contribution < 1.29 is 31.1 Å². The molecule has 3 aromatic rings. The smallest absolute Gasteiger partial charge is 0.337 e.